The highest BCUT2D eigenvalue weighted by Crippen LogP contribution is 2.29. The number of rotatable bonds is 9. The molecule has 4 aromatic carbocycles. The predicted octanol–water partition coefficient (Wildman–Crippen LogP) is 8.79. The molecule has 0 radical (unpaired) electrons. The van der Waals surface area contributed by atoms with Crippen LogP contribution in [0.25, 0.3) is 21.9 Å². The fourth-order valence-electron chi connectivity index (χ4n) is 3.97. The van der Waals surface area contributed by atoms with Crippen LogP contribution in [0.4, 0.5) is 8.78 Å². The molecule has 0 saturated heterocycles. The predicted molar refractivity (Wildman–Crippen MR) is 133 cm³/mol. The fraction of sp³-hybridized carbons (Fsp3) is 0.241. The first-order valence-electron chi connectivity index (χ1n) is 11.4. The summed E-state index contributed by atoms with van der Waals surface area (Å²) in [5.74, 6) is 0.202. The number of fused-ring (bicyclic) bond motifs is 1. The van der Waals surface area contributed by atoms with E-state index >= 15 is 4.39 Å². The lowest BCUT2D eigenvalue weighted by molar-refractivity contribution is 0.306. The van der Waals surface area contributed by atoms with Gasteiger partial charge in [0, 0.05) is 5.39 Å². The standard InChI is InChI=1S/C29H27ClF2O/c1-2-3-4-17-33-25-13-10-21(11-14-25)23-12-15-26-24(19-23)9-8-22(29(26)32)7-5-20-6-16-27(30)28(31)18-20/h6,8-16,18-19H,2-5,7,17H2,1H3. The number of hydrogen-bond acceptors (Lipinski definition) is 1. The second-order valence-electron chi connectivity index (χ2n) is 8.30. The van der Waals surface area contributed by atoms with Crippen LogP contribution in [0.1, 0.15) is 37.3 Å². The number of ether oxygens (including phenoxy) is 1. The Bertz CT molecular complexity index is 1230. The van der Waals surface area contributed by atoms with Gasteiger partial charge in [-0.25, -0.2) is 8.78 Å². The summed E-state index contributed by atoms with van der Waals surface area (Å²) >= 11 is 5.74. The van der Waals surface area contributed by atoms with Crippen LogP contribution in [-0.4, -0.2) is 6.61 Å². The van der Waals surface area contributed by atoms with E-state index in [1.54, 1.807) is 6.07 Å². The van der Waals surface area contributed by atoms with Crippen LogP contribution in [0.3, 0.4) is 0 Å². The number of hydrogen-bond donors (Lipinski definition) is 0. The first-order chi connectivity index (χ1) is 16.0. The molecule has 33 heavy (non-hydrogen) atoms. The smallest absolute Gasteiger partial charge is 0.142 e. The molecule has 0 heterocycles. The van der Waals surface area contributed by atoms with Gasteiger partial charge in [-0.3, -0.25) is 0 Å². The first kappa shape index (κ1) is 23.3. The third-order valence-corrected chi connectivity index (χ3v) is 6.21. The largest absolute Gasteiger partial charge is 0.494 e. The summed E-state index contributed by atoms with van der Waals surface area (Å²) in [4.78, 5) is 0. The summed E-state index contributed by atoms with van der Waals surface area (Å²) in [6, 6.07) is 22.3. The maximum absolute atomic E-state index is 15.2. The molecule has 0 N–H and O–H groups in total. The van der Waals surface area contributed by atoms with Crippen LogP contribution >= 0.6 is 11.6 Å². The van der Waals surface area contributed by atoms with Gasteiger partial charge in [0.05, 0.1) is 11.6 Å². The van der Waals surface area contributed by atoms with E-state index < -0.39 is 5.82 Å². The lowest BCUT2D eigenvalue weighted by atomic mass is 9.97. The fourth-order valence-corrected chi connectivity index (χ4v) is 4.09. The van der Waals surface area contributed by atoms with E-state index in [0.29, 0.717) is 23.8 Å². The van der Waals surface area contributed by atoms with Gasteiger partial charge in [-0.15, -0.1) is 0 Å². The van der Waals surface area contributed by atoms with Gasteiger partial charge >= 0.3 is 0 Å². The topological polar surface area (TPSA) is 9.23 Å². The van der Waals surface area contributed by atoms with Crippen molar-refractivity contribution >= 4 is 22.4 Å². The highest BCUT2D eigenvalue weighted by molar-refractivity contribution is 6.30. The lowest BCUT2D eigenvalue weighted by Gasteiger charge is -2.10. The Balaban J connectivity index is 1.47. The summed E-state index contributed by atoms with van der Waals surface area (Å²) in [6.07, 6.45) is 4.45. The van der Waals surface area contributed by atoms with E-state index in [1.165, 1.54) is 25.0 Å². The highest BCUT2D eigenvalue weighted by atomic mass is 35.5. The van der Waals surface area contributed by atoms with Crippen LogP contribution < -0.4 is 4.74 Å². The maximum Gasteiger partial charge on any atom is 0.142 e. The van der Waals surface area contributed by atoms with Crippen molar-refractivity contribution in [3.8, 4) is 16.9 Å². The van der Waals surface area contributed by atoms with E-state index in [2.05, 4.69) is 6.92 Å². The molecule has 0 saturated carbocycles. The molecule has 1 nitrogen and oxygen atoms in total. The average molecular weight is 465 g/mol. The number of benzene rings is 4. The molecule has 0 fully saturated rings. The molecule has 0 aliphatic heterocycles. The molecule has 0 amide bonds. The second-order valence-corrected chi connectivity index (χ2v) is 8.71. The zero-order valence-corrected chi connectivity index (χ0v) is 19.5. The number of halogens is 3. The summed E-state index contributed by atoms with van der Waals surface area (Å²) in [6.45, 7) is 2.91. The first-order valence-corrected chi connectivity index (χ1v) is 11.8. The zero-order valence-electron chi connectivity index (χ0n) is 18.7. The summed E-state index contributed by atoms with van der Waals surface area (Å²) < 4.78 is 34.6. The molecule has 0 unspecified atom stereocenters. The van der Waals surface area contributed by atoms with Gasteiger partial charge in [0.1, 0.15) is 17.4 Å². The zero-order chi connectivity index (χ0) is 23.2. The SMILES string of the molecule is CCCCCOc1ccc(-c2ccc3c(F)c(CCc4ccc(Cl)c(F)c4)ccc3c2)cc1. The van der Waals surface area contributed by atoms with E-state index in [1.807, 2.05) is 54.6 Å². The minimum atomic E-state index is -0.447. The third kappa shape index (κ3) is 5.72. The molecule has 4 heteroatoms. The van der Waals surface area contributed by atoms with Crippen molar-refractivity contribution in [2.75, 3.05) is 6.61 Å². The maximum atomic E-state index is 15.2. The monoisotopic (exact) mass is 464 g/mol. The summed E-state index contributed by atoms with van der Waals surface area (Å²) in [5.41, 5.74) is 3.51. The molecule has 0 atom stereocenters. The van der Waals surface area contributed by atoms with E-state index in [4.69, 9.17) is 16.3 Å². The molecule has 0 bridgehead atoms. The molecule has 0 spiro atoms. The molecule has 170 valence electrons. The van der Waals surface area contributed by atoms with Gasteiger partial charge in [0.15, 0.2) is 0 Å². The number of aryl methyl sites for hydroxylation is 2. The van der Waals surface area contributed by atoms with Crippen LogP contribution in [0.2, 0.25) is 5.02 Å². The molecule has 0 aliphatic carbocycles. The number of unbranched alkanes of at least 4 members (excludes halogenated alkanes) is 2. The Morgan fingerprint density at radius 1 is 0.788 bits per heavy atom. The Kier molecular flexibility index (Phi) is 7.61. The minimum absolute atomic E-state index is 0.0978. The van der Waals surface area contributed by atoms with Crippen molar-refractivity contribution in [2.45, 2.75) is 39.0 Å². The van der Waals surface area contributed by atoms with Gasteiger partial charge in [0.25, 0.3) is 0 Å². The second kappa shape index (κ2) is 10.8. The van der Waals surface area contributed by atoms with E-state index in [-0.39, 0.29) is 10.8 Å². The van der Waals surface area contributed by atoms with Gasteiger partial charge in [-0.05, 0) is 77.2 Å². The molecule has 4 aromatic rings. The summed E-state index contributed by atoms with van der Waals surface area (Å²) in [7, 11) is 0. The Morgan fingerprint density at radius 3 is 2.33 bits per heavy atom. The average Bonchev–Trinajstić information content (AvgIpc) is 2.84. The lowest BCUT2D eigenvalue weighted by Crippen LogP contribution is -1.97. The van der Waals surface area contributed by atoms with Crippen LogP contribution in [0.15, 0.2) is 72.8 Å². The van der Waals surface area contributed by atoms with Crippen LogP contribution in [-0.2, 0) is 12.8 Å². The Morgan fingerprint density at radius 2 is 1.58 bits per heavy atom. The van der Waals surface area contributed by atoms with Crippen LogP contribution in [0.5, 0.6) is 5.75 Å². The van der Waals surface area contributed by atoms with Crippen LogP contribution in [0, 0.1) is 11.6 Å². The molecular formula is C29H27ClF2O. The molecule has 0 aliphatic rings. The van der Waals surface area contributed by atoms with Crippen molar-refractivity contribution in [2.24, 2.45) is 0 Å². The Labute approximate surface area is 199 Å². The van der Waals surface area contributed by atoms with E-state index in [0.717, 1.165) is 40.9 Å². The third-order valence-electron chi connectivity index (χ3n) is 5.91. The normalized spacial score (nSPS) is 11.2. The highest BCUT2D eigenvalue weighted by Gasteiger charge is 2.10. The summed E-state index contributed by atoms with van der Waals surface area (Å²) in [5, 5.41) is 1.54. The Hall–Kier alpha value is -2.91. The molecule has 4 rings (SSSR count). The van der Waals surface area contributed by atoms with Gasteiger partial charge < -0.3 is 4.74 Å². The molecule has 0 aromatic heterocycles. The van der Waals surface area contributed by atoms with Gasteiger partial charge in [0.2, 0.25) is 0 Å². The van der Waals surface area contributed by atoms with Crippen molar-refractivity contribution in [1.82, 2.24) is 0 Å². The van der Waals surface area contributed by atoms with E-state index in [9.17, 15) is 4.39 Å². The van der Waals surface area contributed by atoms with Crippen molar-refractivity contribution in [3.63, 3.8) is 0 Å². The van der Waals surface area contributed by atoms with Crippen molar-refractivity contribution < 1.29 is 13.5 Å². The van der Waals surface area contributed by atoms with Gasteiger partial charge in [-0.1, -0.05) is 73.8 Å². The van der Waals surface area contributed by atoms with Gasteiger partial charge in [-0.2, -0.15) is 0 Å². The van der Waals surface area contributed by atoms with Crippen molar-refractivity contribution in [3.05, 3.63) is 101 Å². The molecular weight excluding hydrogens is 438 g/mol. The minimum Gasteiger partial charge on any atom is -0.494 e. The quantitative estimate of drug-likeness (QED) is 0.225. The van der Waals surface area contributed by atoms with Crippen molar-refractivity contribution in [1.29, 1.82) is 0 Å².